The van der Waals surface area contributed by atoms with E-state index < -0.39 is 0 Å². The fourth-order valence-corrected chi connectivity index (χ4v) is 5.19. The highest BCUT2D eigenvalue weighted by atomic mass is 16.2. The minimum absolute atomic E-state index is 0.0226. The summed E-state index contributed by atoms with van der Waals surface area (Å²) in [7, 11) is 0. The highest BCUT2D eigenvalue weighted by molar-refractivity contribution is 6.02. The molecular weight excluding hydrogens is 418 g/mol. The van der Waals surface area contributed by atoms with Crippen molar-refractivity contribution in [1.29, 1.82) is 0 Å². The Labute approximate surface area is 196 Å². The van der Waals surface area contributed by atoms with Crippen LogP contribution >= 0.6 is 0 Å². The van der Waals surface area contributed by atoms with Gasteiger partial charge in [0.2, 0.25) is 5.91 Å². The number of likely N-dealkylation sites (tertiary alicyclic amines) is 1. The molecule has 1 aromatic rings. The van der Waals surface area contributed by atoms with Crippen LogP contribution in [-0.2, 0) is 4.79 Å². The summed E-state index contributed by atoms with van der Waals surface area (Å²) < 4.78 is 0. The minimum Gasteiger partial charge on any atom is -0.367 e. The number of amides is 4. The lowest BCUT2D eigenvalue weighted by Crippen LogP contribution is -2.54. The number of nitrogens with one attached hydrogen (secondary N) is 2. The Kier molecular flexibility index (Phi) is 7.73. The molecule has 3 fully saturated rings. The van der Waals surface area contributed by atoms with E-state index in [0.29, 0.717) is 43.5 Å². The zero-order valence-corrected chi connectivity index (χ0v) is 19.8. The second-order valence-electron chi connectivity index (χ2n) is 9.52. The van der Waals surface area contributed by atoms with E-state index in [0.717, 1.165) is 50.9 Å². The summed E-state index contributed by atoms with van der Waals surface area (Å²) in [6.07, 6.45) is 9.03. The number of anilines is 2. The molecule has 1 saturated carbocycles. The second-order valence-corrected chi connectivity index (χ2v) is 9.52. The van der Waals surface area contributed by atoms with Gasteiger partial charge in [0.25, 0.3) is 5.91 Å². The van der Waals surface area contributed by atoms with E-state index in [9.17, 15) is 14.4 Å². The number of piperazine rings is 1. The predicted molar refractivity (Wildman–Crippen MR) is 130 cm³/mol. The van der Waals surface area contributed by atoms with Gasteiger partial charge < -0.3 is 25.3 Å². The summed E-state index contributed by atoms with van der Waals surface area (Å²) in [6.45, 7) is 5.63. The number of rotatable bonds is 4. The third-order valence-corrected chi connectivity index (χ3v) is 7.03. The maximum atomic E-state index is 13.4. The van der Waals surface area contributed by atoms with Gasteiger partial charge >= 0.3 is 6.03 Å². The lowest BCUT2D eigenvalue weighted by molar-refractivity contribution is -0.114. The molecule has 180 valence electrons. The summed E-state index contributed by atoms with van der Waals surface area (Å²) in [5.74, 6) is -0.133. The van der Waals surface area contributed by atoms with Crippen LogP contribution in [0.4, 0.5) is 16.2 Å². The van der Waals surface area contributed by atoms with Gasteiger partial charge in [-0.15, -0.1) is 0 Å². The zero-order valence-electron chi connectivity index (χ0n) is 19.8. The van der Waals surface area contributed by atoms with E-state index in [1.807, 2.05) is 21.9 Å². The quantitative estimate of drug-likeness (QED) is 0.728. The summed E-state index contributed by atoms with van der Waals surface area (Å²) >= 11 is 0. The van der Waals surface area contributed by atoms with Crippen molar-refractivity contribution in [2.24, 2.45) is 0 Å². The van der Waals surface area contributed by atoms with Crippen LogP contribution in [0.5, 0.6) is 0 Å². The maximum Gasteiger partial charge on any atom is 0.317 e. The number of hydrogen-bond donors (Lipinski definition) is 2. The van der Waals surface area contributed by atoms with Crippen molar-refractivity contribution in [2.75, 3.05) is 49.5 Å². The van der Waals surface area contributed by atoms with Gasteiger partial charge in [-0.1, -0.05) is 19.3 Å². The lowest BCUT2D eigenvalue weighted by atomic mass is 9.96. The highest BCUT2D eigenvalue weighted by Crippen LogP contribution is 2.28. The minimum atomic E-state index is -0.156. The van der Waals surface area contributed by atoms with Crippen LogP contribution < -0.4 is 15.5 Å². The summed E-state index contributed by atoms with van der Waals surface area (Å²) in [5.41, 5.74) is 2.15. The number of carbonyl (C=O) groups is 3. The molecule has 2 N–H and O–H groups in total. The standard InChI is InChI=1S/C25H37N5O3/c1-19(31)26-21-10-11-23(22(18-21)24(32)29-12-6-3-7-13-29)28-14-16-30(17-15-28)25(33)27-20-8-4-2-5-9-20/h10-11,18,20H,2-9,12-17H2,1H3,(H,26,31)(H,27,33). The van der Waals surface area contributed by atoms with E-state index in [-0.39, 0.29) is 17.8 Å². The SMILES string of the molecule is CC(=O)Nc1ccc(N2CCN(C(=O)NC3CCCCC3)CC2)c(C(=O)N2CCCCC2)c1. The second kappa shape index (κ2) is 10.9. The van der Waals surface area contributed by atoms with Crippen molar-refractivity contribution in [3.05, 3.63) is 23.8 Å². The van der Waals surface area contributed by atoms with E-state index in [4.69, 9.17) is 0 Å². The summed E-state index contributed by atoms with van der Waals surface area (Å²) in [5, 5.41) is 6.01. The van der Waals surface area contributed by atoms with E-state index in [2.05, 4.69) is 15.5 Å². The number of piperidine rings is 1. The van der Waals surface area contributed by atoms with Crippen LogP contribution in [0.2, 0.25) is 0 Å². The molecule has 0 atom stereocenters. The molecule has 0 unspecified atom stereocenters. The smallest absolute Gasteiger partial charge is 0.317 e. The van der Waals surface area contributed by atoms with Gasteiger partial charge in [-0.25, -0.2) is 4.79 Å². The maximum absolute atomic E-state index is 13.4. The van der Waals surface area contributed by atoms with Crippen LogP contribution in [0.3, 0.4) is 0 Å². The van der Waals surface area contributed by atoms with Gasteiger partial charge in [-0.2, -0.15) is 0 Å². The normalized spacial score (nSPS) is 19.8. The molecule has 1 aromatic carbocycles. The molecule has 8 heteroatoms. The van der Waals surface area contributed by atoms with E-state index in [1.165, 1.54) is 26.2 Å². The average molecular weight is 456 g/mol. The van der Waals surface area contributed by atoms with Gasteiger partial charge in [0.1, 0.15) is 0 Å². The first-order valence-electron chi connectivity index (χ1n) is 12.5. The van der Waals surface area contributed by atoms with Crippen LogP contribution in [0, 0.1) is 0 Å². The molecule has 4 amide bonds. The van der Waals surface area contributed by atoms with Crippen LogP contribution in [0.1, 0.15) is 68.6 Å². The number of hydrogen-bond acceptors (Lipinski definition) is 4. The fraction of sp³-hybridized carbons (Fsp3) is 0.640. The molecule has 0 radical (unpaired) electrons. The molecular formula is C25H37N5O3. The largest absolute Gasteiger partial charge is 0.367 e. The summed E-state index contributed by atoms with van der Waals surface area (Å²) in [6, 6.07) is 5.92. The van der Waals surface area contributed by atoms with Gasteiger partial charge in [0, 0.05) is 63.6 Å². The first-order valence-corrected chi connectivity index (χ1v) is 12.5. The molecule has 4 rings (SSSR count). The average Bonchev–Trinajstić information content (AvgIpc) is 2.84. The van der Waals surface area contributed by atoms with Crippen molar-refractivity contribution < 1.29 is 14.4 Å². The molecule has 2 saturated heterocycles. The third kappa shape index (κ3) is 5.97. The van der Waals surface area contributed by atoms with Crippen molar-refractivity contribution in [3.63, 3.8) is 0 Å². The first-order chi connectivity index (χ1) is 16.0. The molecule has 0 aromatic heterocycles. The summed E-state index contributed by atoms with van der Waals surface area (Å²) in [4.78, 5) is 43.7. The van der Waals surface area contributed by atoms with Gasteiger partial charge in [0.15, 0.2) is 0 Å². The highest BCUT2D eigenvalue weighted by Gasteiger charge is 2.28. The number of benzene rings is 1. The Bertz CT molecular complexity index is 854. The van der Waals surface area contributed by atoms with Crippen molar-refractivity contribution in [1.82, 2.24) is 15.1 Å². The number of nitrogens with zero attached hydrogens (tertiary/aromatic N) is 3. The molecule has 0 spiro atoms. The topological polar surface area (TPSA) is 85.0 Å². The van der Waals surface area contributed by atoms with Gasteiger partial charge in [-0.05, 0) is 50.3 Å². The third-order valence-electron chi connectivity index (χ3n) is 7.03. The van der Waals surface area contributed by atoms with Crippen LogP contribution in [-0.4, -0.2) is 73.0 Å². The molecule has 1 aliphatic carbocycles. The molecule has 3 aliphatic rings. The molecule has 33 heavy (non-hydrogen) atoms. The monoisotopic (exact) mass is 455 g/mol. The Morgan fingerprint density at radius 3 is 2.15 bits per heavy atom. The lowest BCUT2D eigenvalue weighted by Gasteiger charge is -2.38. The Morgan fingerprint density at radius 1 is 0.818 bits per heavy atom. The Morgan fingerprint density at radius 2 is 1.48 bits per heavy atom. The van der Waals surface area contributed by atoms with Crippen molar-refractivity contribution >= 4 is 29.2 Å². The van der Waals surface area contributed by atoms with Crippen molar-refractivity contribution in [2.45, 2.75) is 64.3 Å². The van der Waals surface area contributed by atoms with Gasteiger partial charge in [0.05, 0.1) is 5.56 Å². The molecule has 8 nitrogen and oxygen atoms in total. The van der Waals surface area contributed by atoms with Crippen LogP contribution in [0.25, 0.3) is 0 Å². The van der Waals surface area contributed by atoms with Crippen molar-refractivity contribution in [3.8, 4) is 0 Å². The predicted octanol–water partition coefficient (Wildman–Crippen LogP) is 3.44. The Hall–Kier alpha value is -2.77. The number of carbonyl (C=O) groups excluding carboxylic acids is 3. The Balaban J connectivity index is 1.44. The first kappa shape index (κ1) is 23.4. The molecule has 2 aliphatic heterocycles. The number of urea groups is 1. The van der Waals surface area contributed by atoms with Crippen LogP contribution in [0.15, 0.2) is 18.2 Å². The zero-order chi connectivity index (χ0) is 23.2. The molecule has 0 bridgehead atoms. The van der Waals surface area contributed by atoms with E-state index in [1.54, 1.807) is 6.07 Å². The fourth-order valence-electron chi connectivity index (χ4n) is 5.19. The van der Waals surface area contributed by atoms with Gasteiger partial charge in [-0.3, -0.25) is 9.59 Å². The van der Waals surface area contributed by atoms with E-state index >= 15 is 0 Å². The molecule has 2 heterocycles.